The largest absolute Gasteiger partial charge is 0.374 e. The van der Waals surface area contributed by atoms with E-state index in [-0.39, 0.29) is 5.60 Å². The summed E-state index contributed by atoms with van der Waals surface area (Å²) in [6.07, 6.45) is 13.1. The maximum absolute atomic E-state index is 6.13. The van der Waals surface area contributed by atoms with Crippen LogP contribution in [0.2, 0.25) is 0 Å². The van der Waals surface area contributed by atoms with E-state index in [0.29, 0.717) is 6.04 Å². The van der Waals surface area contributed by atoms with Gasteiger partial charge in [-0.1, -0.05) is 65.7 Å². The van der Waals surface area contributed by atoms with Crippen LogP contribution < -0.4 is 5.32 Å². The third-order valence-electron chi connectivity index (χ3n) is 4.71. The van der Waals surface area contributed by atoms with Crippen LogP contribution in [-0.4, -0.2) is 25.3 Å². The number of likely N-dealkylation sites (N-methyl/N-ethyl adjacent to an activating group) is 1. The van der Waals surface area contributed by atoms with E-state index in [1.54, 1.807) is 0 Å². The van der Waals surface area contributed by atoms with E-state index in [1.165, 1.54) is 51.4 Å². The van der Waals surface area contributed by atoms with Gasteiger partial charge in [0.25, 0.3) is 0 Å². The maximum atomic E-state index is 6.13. The average Bonchev–Trinajstić information content (AvgIpc) is 2.48. The van der Waals surface area contributed by atoms with E-state index in [2.05, 4.69) is 40.1 Å². The number of hydrogen-bond donors (Lipinski definition) is 1. The Kier molecular flexibility index (Phi) is 12.6. The quantitative estimate of drug-likeness (QED) is 0.437. The van der Waals surface area contributed by atoms with Gasteiger partial charge in [0, 0.05) is 12.6 Å². The minimum Gasteiger partial charge on any atom is -0.374 e. The van der Waals surface area contributed by atoms with Gasteiger partial charge in [0.1, 0.15) is 0 Å². The molecule has 0 aliphatic rings. The molecular formula is C18H39NO. The van der Waals surface area contributed by atoms with Crippen LogP contribution in [0.3, 0.4) is 0 Å². The lowest BCUT2D eigenvalue weighted by Gasteiger charge is -2.39. The first-order valence-electron chi connectivity index (χ1n) is 9.01. The van der Waals surface area contributed by atoms with Crippen LogP contribution in [0.25, 0.3) is 0 Å². The third-order valence-corrected chi connectivity index (χ3v) is 4.71. The molecule has 20 heavy (non-hydrogen) atoms. The molecule has 2 heteroatoms. The number of ether oxygens (including phenoxy) is 1. The Labute approximate surface area is 128 Å². The molecule has 2 nitrogen and oxygen atoms in total. The van der Waals surface area contributed by atoms with Gasteiger partial charge >= 0.3 is 0 Å². The van der Waals surface area contributed by atoms with Gasteiger partial charge in [0.05, 0.1) is 5.60 Å². The second-order valence-corrected chi connectivity index (χ2v) is 5.96. The fourth-order valence-electron chi connectivity index (χ4n) is 3.31. The summed E-state index contributed by atoms with van der Waals surface area (Å²) < 4.78 is 6.13. The van der Waals surface area contributed by atoms with Crippen LogP contribution in [-0.2, 0) is 4.74 Å². The van der Waals surface area contributed by atoms with Crippen molar-refractivity contribution in [1.29, 1.82) is 0 Å². The highest BCUT2D eigenvalue weighted by Gasteiger charge is 2.34. The zero-order chi connectivity index (χ0) is 15.3. The molecular weight excluding hydrogens is 246 g/mol. The van der Waals surface area contributed by atoms with E-state index in [4.69, 9.17) is 4.74 Å². The van der Waals surface area contributed by atoms with Gasteiger partial charge in [-0.3, -0.25) is 0 Å². The van der Waals surface area contributed by atoms with Crippen molar-refractivity contribution in [3.63, 3.8) is 0 Å². The monoisotopic (exact) mass is 285 g/mol. The molecule has 0 aromatic heterocycles. The molecule has 0 amide bonds. The van der Waals surface area contributed by atoms with Crippen LogP contribution in [0.5, 0.6) is 0 Å². The molecule has 0 spiro atoms. The topological polar surface area (TPSA) is 21.3 Å². The summed E-state index contributed by atoms with van der Waals surface area (Å²) in [4.78, 5) is 0. The highest BCUT2D eigenvalue weighted by Crippen LogP contribution is 2.28. The molecule has 0 heterocycles. The van der Waals surface area contributed by atoms with Gasteiger partial charge in [0.15, 0.2) is 0 Å². The normalized spacial score (nSPS) is 13.7. The van der Waals surface area contributed by atoms with Crippen LogP contribution in [0.1, 0.15) is 91.9 Å². The van der Waals surface area contributed by atoms with E-state index < -0.39 is 0 Å². The average molecular weight is 286 g/mol. The van der Waals surface area contributed by atoms with Crippen molar-refractivity contribution in [1.82, 2.24) is 5.32 Å². The van der Waals surface area contributed by atoms with Crippen LogP contribution in [0.4, 0.5) is 0 Å². The number of nitrogens with one attached hydrogen (secondary N) is 1. The van der Waals surface area contributed by atoms with E-state index in [9.17, 15) is 0 Å². The Morgan fingerprint density at radius 3 is 1.85 bits per heavy atom. The second kappa shape index (κ2) is 12.6. The van der Waals surface area contributed by atoms with Crippen molar-refractivity contribution in [2.75, 3.05) is 13.7 Å². The Bertz CT molecular complexity index is 202. The van der Waals surface area contributed by atoms with Crippen molar-refractivity contribution >= 4 is 0 Å². The van der Waals surface area contributed by atoms with E-state index in [0.717, 1.165) is 19.4 Å². The zero-order valence-electron chi connectivity index (χ0n) is 14.8. The fraction of sp³-hybridized carbons (Fsp3) is 1.00. The molecule has 0 saturated heterocycles. The van der Waals surface area contributed by atoms with Crippen molar-refractivity contribution in [2.24, 2.45) is 0 Å². The number of hydrogen-bond acceptors (Lipinski definition) is 2. The highest BCUT2D eigenvalue weighted by molar-refractivity contribution is 4.90. The molecule has 0 fully saturated rings. The minimum atomic E-state index is 0.0334. The lowest BCUT2D eigenvalue weighted by atomic mass is 9.85. The summed E-state index contributed by atoms with van der Waals surface area (Å²) in [5, 5.41) is 3.52. The first-order valence-corrected chi connectivity index (χ1v) is 9.01. The fourth-order valence-corrected chi connectivity index (χ4v) is 3.31. The molecule has 1 N–H and O–H groups in total. The molecule has 0 bridgehead atoms. The van der Waals surface area contributed by atoms with Crippen LogP contribution in [0, 0.1) is 0 Å². The van der Waals surface area contributed by atoms with Crippen molar-refractivity contribution in [3.8, 4) is 0 Å². The molecule has 0 aromatic rings. The summed E-state index contributed by atoms with van der Waals surface area (Å²) >= 11 is 0. The van der Waals surface area contributed by atoms with Crippen molar-refractivity contribution in [3.05, 3.63) is 0 Å². The minimum absolute atomic E-state index is 0.0334. The summed E-state index contributed by atoms with van der Waals surface area (Å²) in [5.41, 5.74) is 0.0334. The summed E-state index contributed by atoms with van der Waals surface area (Å²) in [7, 11) is 2.09. The predicted octanol–water partition coefficient (Wildman–Crippen LogP) is 5.31. The molecule has 0 rings (SSSR count). The van der Waals surface area contributed by atoms with Gasteiger partial charge in [-0.2, -0.15) is 0 Å². The number of unbranched alkanes of at least 4 members (excludes halogenated alkanes) is 6. The van der Waals surface area contributed by atoms with E-state index >= 15 is 0 Å². The summed E-state index contributed by atoms with van der Waals surface area (Å²) in [6, 6.07) is 0.494. The SMILES string of the molecule is CCCCCCCCCC(NC)C(CC)(CC)OCC. The number of rotatable bonds is 14. The Hall–Kier alpha value is -0.0800. The summed E-state index contributed by atoms with van der Waals surface area (Å²) in [6.45, 7) is 9.72. The zero-order valence-corrected chi connectivity index (χ0v) is 14.8. The first-order chi connectivity index (χ1) is 9.70. The lowest BCUT2D eigenvalue weighted by Crippen LogP contribution is -2.50. The Morgan fingerprint density at radius 2 is 1.40 bits per heavy atom. The van der Waals surface area contributed by atoms with Gasteiger partial charge in [0.2, 0.25) is 0 Å². The molecule has 0 aliphatic heterocycles. The highest BCUT2D eigenvalue weighted by atomic mass is 16.5. The van der Waals surface area contributed by atoms with Crippen molar-refractivity contribution in [2.45, 2.75) is 104 Å². The van der Waals surface area contributed by atoms with Gasteiger partial charge in [-0.15, -0.1) is 0 Å². The predicted molar refractivity (Wildman–Crippen MR) is 90.4 cm³/mol. The first kappa shape index (κ1) is 19.9. The molecule has 122 valence electrons. The van der Waals surface area contributed by atoms with E-state index in [1.807, 2.05) is 0 Å². The lowest BCUT2D eigenvalue weighted by molar-refractivity contribution is -0.0726. The maximum Gasteiger partial charge on any atom is 0.0829 e. The Morgan fingerprint density at radius 1 is 0.850 bits per heavy atom. The van der Waals surface area contributed by atoms with Crippen molar-refractivity contribution < 1.29 is 4.74 Å². The molecule has 0 saturated carbocycles. The second-order valence-electron chi connectivity index (χ2n) is 5.96. The molecule has 1 atom stereocenters. The van der Waals surface area contributed by atoms with Gasteiger partial charge in [-0.05, 0) is 33.2 Å². The standard InChI is InChI=1S/C18H39NO/c1-6-10-11-12-13-14-15-16-17(19-5)18(7-2,8-3)20-9-4/h17,19H,6-16H2,1-5H3. The third kappa shape index (κ3) is 7.08. The molecule has 1 unspecified atom stereocenters. The van der Waals surface area contributed by atoms with Crippen LogP contribution in [0.15, 0.2) is 0 Å². The molecule has 0 aromatic carbocycles. The smallest absolute Gasteiger partial charge is 0.0829 e. The Balaban J connectivity index is 4.05. The molecule has 0 radical (unpaired) electrons. The van der Waals surface area contributed by atoms with Crippen LogP contribution >= 0.6 is 0 Å². The van der Waals surface area contributed by atoms with Gasteiger partial charge < -0.3 is 10.1 Å². The molecule has 0 aliphatic carbocycles. The summed E-state index contributed by atoms with van der Waals surface area (Å²) in [5.74, 6) is 0. The van der Waals surface area contributed by atoms with Gasteiger partial charge in [-0.25, -0.2) is 0 Å².